The van der Waals surface area contributed by atoms with E-state index in [1.165, 1.54) is 22.9 Å². The van der Waals surface area contributed by atoms with Gasteiger partial charge < -0.3 is 10.2 Å². The highest BCUT2D eigenvalue weighted by molar-refractivity contribution is 7.98. The van der Waals surface area contributed by atoms with E-state index in [2.05, 4.69) is 57.4 Å². The van der Waals surface area contributed by atoms with Crippen LogP contribution in [0.4, 0.5) is 11.5 Å². The number of aromatic nitrogens is 2. The summed E-state index contributed by atoms with van der Waals surface area (Å²) in [5.74, 6) is 1.37. The van der Waals surface area contributed by atoms with Gasteiger partial charge in [-0.15, -0.1) is 0 Å². The molecule has 1 N–H and O–H groups in total. The van der Waals surface area contributed by atoms with Crippen LogP contribution < -0.4 is 10.2 Å². The summed E-state index contributed by atoms with van der Waals surface area (Å²) in [6.07, 6.45) is 0. The van der Waals surface area contributed by atoms with Gasteiger partial charge in [0.2, 0.25) is 0 Å². The summed E-state index contributed by atoms with van der Waals surface area (Å²) >= 11 is 7.92. The number of benzene rings is 3. The Balaban J connectivity index is 1.18. The molecule has 0 bridgehead atoms. The number of carbonyl (C=O) groups excluding carboxylic acids is 1. The number of amides is 1. The number of nitrogens with zero attached hydrogens (tertiary/aromatic N) is 4. The van der Waals surface area contributed by atoms with Gasteiger partial charge in [-0.1, -0.05) is 71.9 Å². The standard InChI is InChI=1S/C31H32ClN5OS/c1-22-11-12-27(17-23(22)2)33-30(38)26-10-6-9-25(18-26)21-39-31-34-28(32)19-29(35-31)37-15-13-36(14-16-37)20-24-7-4-3-5-8-24/h3-12,17-19H,13-16,20-21H2,1-2H3,(H,33,38). The zero-order valence-electron chi connectivity index (χ0n) is 22.2. The fourth-order valence-corrected chi connectivity index (χ4v) is 5.59. The van der Waals surface area contributed by atoms with Crippen LogP contribution in [0.3, 0.4) is 0 Å². The van der Waals surface area contributed by atoms with Gasteiger partial charge in [-0.2, -0.15) is 0 Å². The summed E-state index contributed by atoms with van der Waals surface area (Å²) in [7, 11) is 0. The van der Waals surface area contributed by atoms with Crippen molar-refractivity contribution in [2.24, 2.45) is 0 Å². The van der Waals surface area contributed by atoms with Gasteiger partial charge in [0.05, 0.1) is 0 Å². The summed E-state index contributed by atoms with van der Waals surface area (Å²) < 4.78 is 0. The summed E-state index contributed by atoms with van der Waals surface area (Å²) in [5, 5.41) is 4.07. The van der Waals surface area contributed by atoms with E-state index in [4.69, 9.17) is 16.6 Å². The molecule has 1 amide bonds. The minimum Gasteiger partial charge on any atom is -0.354 e. The summed E-state index contributed by atoms with van der Waals surface area (Å²) in [6.45, 7) is 8.78. The molecular formula is C31H32ClN5OS. The van der Waals surface area contributed by atoms with Crippen molar-refractivity contribution in [1.29, 1.82) is 0 Å². The molecule has 200 valence electrons. The number of aryl methyl sites for hydroxylation is 2. The van der Waals surface area contributed by atoms with Crippen LogP contribution >= 0.6 is 23.4 Å². The number of carbonyl (C=O) groups is 1. The second-order valence-corrected chi connectivity index (χ2v) is 11.2. The summed E-state index contributed by atoms with van der Waals surface area (Å²) in [4.78, 5) is 26.8. The van der Waals surface area contributed by atoms with Crippen molar-refractivity contribution in [2.75, 3.05) is 36.4 Å². The van der Waals surface area contributed by atoms with Crippen molar-refractivity contribution in [3.05, 3.63) is 112 Å². The average molecular weight is 558 g/mol. The highest BCUT2D eigenvalue weighted by atomic mass is 35.5. The van der Waals surface area contributed by atoms with Crippen LogP contribution in [0.5, 0.6) is 0 Å². The van der Waals surface area contributed by atoms with E-state index in [0.717, 1.165) is 55.4 Å². The number of hydrogen-bond acceptors (Lipinski definition) is 6. The van der Waals surface area contributed by atoms with Crippen LogP contribution in [0.2, 0.25) is 5.15 Å². The number of piperazine rings is 1. The van der Waals surface area contributed by atoms with Crippen LogP contribution in [0.1, 0.15) is 32.6 Å². The van der Waals surface area contributed by atoms with Crippen molar-refractivity contribution in [3.8, 4) is 0 Å². The normalized spacial score (nSPS) is 13.9. The van der Waals surface area contributed by atoms with E-state index in [0.29, 0.717) is 21.6 Å². The van der Waals surface area contributed by atoms with Crippen LogP contribution in [0, 0.1) is 13.8 Å². The van der Waals surface area contributed by atoms with E-state index in [1.54, 1.807) is 0 Å². The lowest BCUT2D eigenvalue weighted by atomic mass is 10.1. The van der Waals surface area contributed by atoms with E-state index < -0.39 is 0 Å². The minimum atomic E-state index is -0.127. The SMILES string of the molecule is Cc1ccc(NC(=O)c2cccc(CSc3nc(Cl)cc(N4CCN(Cc5ccccc5)CC4)n3)c2)cc1C. The molecule has 1 aliphatic heterocycles. The quantitative estimate of drug-likeness (QED) is 0.149. The van der Waals surface area contributed by atoms with E-state index in [-0.39, 0.29) is 5.91 Å². The molecule has 1 fully saturated rings. The Morgan fingerprint density at radius 1 is 0.872 bits per heavy atom. The first-order chi connectivity index (χ1) is 18.9. The zero-order chi connectivity index (χ0) is 27.2. The largest absolute Gasteiger partial charge is 0.354 e. The molecule has 0 unspecified atom stereocenters. The van der Waals surface area contributed by atoms with Crippen LogP contribution in [0.25, 0.3) is 0 Å². The molecule has 1 aliphatic rings. The average Bonchev–Trinajstić information content (AvgIpc) is 2.95. The zero-order valence-corrected chi connectivity index (χ0v) is 23.8. The van der Waals surface area contributed by atoms with Crippen molar-refractivity contribution < 1.29 is 4.79 Å². The third kappa shape index (κ3) is 7.38. The van der Waals surface area contributed by atoms with E-state index in [9.17, 15) is 4.79 Å². The predicted octanol–water partition coefficient (Wildman–Crippen LogP) is 6.61. The van der Waals surface area contributed by atoms with Crippen molar-refractivity contribution >= 4 is 40.8 Å². The molecule has 3 aromatic carbocycles. The van der Waals surface area contributed by atoms with Gasteiger partial charge in [-0.25, -0.2) is 9.97 Å². The fourth-order valence-electron chi connectivity index (χ4n) is 4.56. The molecule has 6 nitrogen and oxygen atoms in total. The van der Waals surface area contributed by atoms with Crippen molar-refractivity contribution in [3.63, 3.8) is 0 Å². The van der Waals surface area contributed by atoms with Crippen LogP contribution in [-0.4, -0.2) is 47.0 Å². The molecule has 0 radical (unpaired) electrons. The fraction of sp³-hybridized carbons (Fsp3) is 0.258. The Kier molecular flexibility index (Phi) is 8.81. The number of thioether (sulfide) groups is 1. The molecule has 39 heavy (non-hydrogen) atoms. The molecule has 2 heterocycles. The number of rotatable bonds is 8. The lowest BCUT2D eigenvalue weighted by Gasteiger charge is -2.35. The number of anilines is 2. The monoisotopic (exact) mass is 557 g/mol. The van der Waals surface area contributed by atoms with Gasteiger partial charge in [0.15, 0.2) is 5.16 Å². The first-order valence-corrected chi connectivity index (χ1v) is 14.5. The van der Waals surface area contributed by atoms with Crippen LogP contribution in [-0.2, 0) is 12.3 Å². The number of hydrogen-bond donors (Lipinski definition) is 1. The first-order valence-electron chi connectivity index (χ1n) is 13.1. The van der Waals surface area contributed by atoms with Gasteiger partial charge in [0.1, 0.15) is 11.0 Å². The minimum absolute atomic E-state index is 0.127. The van der Waals surface area contributed by atoms with Crippen molar-refractivity contribution in [1.82, 2.24) is 14.9 Å². The third-order valence-corrected chi connectivity index (χ3v) is 8.04. The van der Waals surface area contributed by atoms with Gasteiger partial charge in [-0.05, 0) is 60.4 Å². The number of nitrogens with one attached hydrogen (secondary N) is 1. The molecule has 4 aromatic rings. The van der Waals surface area contributed by atoms with Gasteiger partial charge in [0.25, 0.3) is 5.91 Å². The van der Waals surface area contributed by atoms with Crippen LogP contribution in [0.15, 0.2) is 84.0 Å². The molecular weight excluding hydrogens is 526 g/mol. The Labute approximate surface area is 239 Å². The Morgan fingerprint density at radius 3 is 2.41 bits per heavy atom. The Bertz CT molecular complexity index is 1440. The third-order valence-electron chi connectivity index (χ3n) is 6.93. The van der Waals surface area contributed by atoms with E-state index >= 15 is 0 Å². The van der Waals surface area contributed by atoms with Crippen molar-refractivity contribution in [2.45, 2.75) is 31.3 Å². The molecule has 1 aromatic heterocycles. The maximum absolute atomic E-state index is 12.9. The second-order valence-electron chi connectivity index (χ2n) is 9.82. The molecule has 0 spiro atoms. The first kappa shape index (κ1) is 27.2. The van der Waals surface area contributed by atoms with Gasteiger partial charge in [0, 0.05) is 55.8 Å². The molecule has 1 saturated heterocycles. The Morgan fingerprint density at radius 2 is 1.64 bits per heavy atom. The molecule has 0 aliphatic carbocycles. The van der Waals surface area contributed by atoms with E-state index in [1.807, 2.05) is 55.5 Å². The molecule has 8 heteroatoms. The van der Waals surface area contributed by atoms with Gasteiger partial charge in [-0.3, -0.25) is 9.69 Å². The highest BCUT2D eigenvalue weighted by Crippen LogP contribution is 2.26. The molecule has 0 saturated carbocycles. The topological polar surface area (TPSA) is 61.4 Å². The molecule has 5 rings (SSSR count). The highest BCUT2D eigenvalue weighted by Gasteiger charge is 2.19. The summed E-state index contributed by atoms with van der Waals surface area (Å²) in [5.41, 5.74) is 6.11. The van der Waals surface area contributed by atoms with Gasteiger partial charge >= 0.3 is 0 Å². The lowest BCUT2D eigenvalue weighted by Crippen LogP contribution is -2.46. The number of halogens is 1. The molecule has 0 atom stereocenters. The smallest absolute Gasteiger partial charge is 0.255 e. The maximum Gasteiger partial charge on any atom is 0.255 e. The summed E-state index contributed by atoms with van der Waals surface area (Å²) in [6, 6.07) is 26.0. The maximum atomic E-state index is 12.9. The Hall–Kier alpha value is -3.39. The second kappa shape index (κ2) is 12.6. The lowest BCUT2D eigenvalue weighted by molar-refractivity contribution is 0.102. The predicted molar refractivity (Wildman–Crippen MR) is 161 cm³/mol.